The molecule has 2 amide bonds. The van der Waals surface area contributed by atoms with Crippen LogP contribution in [-0.4, -0.2) is 56.1 Å². The van der Waals surface area contributed by atoms with Crippen LogP contribution >= 0.6 is 11.3 Å². The van der Waals surface area contributed by atoms with Crippen LogP contribution in [0.15, 0.2) is 41.8 Å². The first-order chi connectivity index (χ1) is 13.1. The Bertz CT molecular complexity index is 746. The summed E-state index contributed by atoms with van der Waals surface area (Å²) < 4.78 is 18.3. The van der Waals surface area contributed by atoms with Gasteiger partial charge in [0.2, 0.25) is 5.91 Å². The van der Waals surface area contributed by atoms with Gasteiger partial charge in [0.25, 0.3) is 5.91 Å². The van der Waals surface area contributed by atoms with Crippen LogP contribution in [0.2, 0.25) is 0 Å². The summed E-state index contributed by atoms with van der Waals surface area (Å²) in [6.07, 6.45) is 0. The zero-order valence-electron chi connectivity index (χ0n) is 14.8. The number of halogens is 1. The number of amides is 2. The highest BCUT2D eigenvalue weighted by atomic mass is 32.1. The number of carbonyl (C=O) groups is 2. The molecule has 0 aliphatic carbocycles. The molecule has 2 heterocycles. The van der Waals surface area contributed by atoms with Crippen molar-refractivity contribution in [3.8, 4) is 0 Å². The van der Waals surface area contributed by atoms with Gasteiger partial charge in [0.15, 0.2) is 0 Å². The molecule has 0 radical (unpaired) electrons. The third kappa shape index (κ3) is 5.59. The van der Waals surface area contributed by atoms with Gasteiger partial charge in [-0.25, -0.2) is 4.39 Å². The largest absolute Gasteiger partial charge is 0.379 e. The van der Waals surface area contributed by atoms with E-state index >= 15 is 0 Å². The monoisotopic (exact) mass is 391 g/mol. The number of ether oxygens (including phenoxy) is 1. The molecule has 1 aliphatic heterocycles. The fourth-order valence-electron chi connectivity index (χ4n) is 2.92. The van der Waals surface area contributed by atoms with Gasteiger partial charge in [0, 0.05) is 30.1 Å². The molecule has 0 spiro atoms. The van der Waals surface area contributed by atoms with E-state index in [1.54, 1.807) is 11.3 Å². The lowest BCUT2D eigenvalue weighted by atomic mass is 10.2. The van der Waals surface area contributed by atoms with Crippen molar-refractivity contribution in [2.75, 3.05) is 39.4 Å². The van der Waals surface area contributed by atoms with Crippen LogP contribution in [0, 0.1) is 5.82 Å². The van der Waals surface area contributed by atoms with Crippen LogP contribution in [0.5, 0.6) is 0 Å². The van der Waals surface area contributed by atoms with Gasteiger partial charge >= 0.3 is 0 Å². The number of rotatable bonds is 7. The maximum absolute atomic E-state index is 12.9. The molecule has 1 atom stereocenters. The Labute approximate surface area is 161 Å². The summed E-state index contributed by atoms with van der Waals surface area (Å²) in [5.74, 6) is -1.08. The highest BCUT2D eigenvalue weighted by Gasteiger charge is 2.24. The van der Waals surface area contributed by atoms with Crippen LogP contribution in [-0.2, 0) is 9.53 Å². The maximum atomic E-state index is 12.9. The molecule has 8 heteroatoms. The number of thiophene rings is 1. The van der Waals surface area contributed by atoms with Crippen molar-refractivity contribution < 1.29 is 18.7 Å². The van der Waals surface area contributed by atoms with Gasteiger partial charge in [0.1, 0.15) is 5.82 Å². The Morgan fingerprint density at radius 2 is 1.89 bits per heavy atom. The second-order valence-corrected chi connectivity index (χ2v) is 7.15. The molecule has 1 saturated heterocycles. The third-order valence-electron chi connectivity index (χ3n) is 4.37. The second kappa shape index (κ2) is 9.59. The molecule has 2 aromatic rings. The molecule has 1 aromatic carbocycles. The minimum Gasteiger partial charge on any atom is -0.379 e. The van der Waals surface area contributed by atoms with Crippen LogP contribution in [0.3, 0.4) is 0 Å². The molecule has 1 aromatic heterocycles. The molecule has 144 valence electrons. The van der Waals surface area contributed by atoms with E-state index in [0.29, 0.717) is 25.3 Å². The standard InChI is InChI=1S/C19H22FN3O3S/c20-15-5-3-14(4-6-15)19(25)22-13-18(24)21-12-16(17-2-1-11-27-17)23-7-9-26-10-8-23/h1-6,11,16H,7-10,12-13H2,(H,21,24)(H,22,25). The lowest BCUT2D eigenvalue weighted by molar-refractivity contribution is -0.120. The van der Waals surface area contributed by atoms with E-state index in [1.807, 2.05) is 11.4 Å². The topological polar surface area (TPSA) is 70.7 Å². The summed E-state index contributed by atoms with van der Waals surface area (Å²) >= 11 is 1.66. The lowest BCUT2D eigenvalue weighted by Crippen LogP contribution is -2.45. The zero-order chi connectivity index (χ0) is 19.1. The summed E-state index contributed by atoms with van der Waals surface area (Å²) in [5.41, 5.74) is 0.314. The Balaban J connectivity index is 1.50. The summed E-state index contributed by atoms with van der Waals surface area (Å²) in [6.45, 7) is 3.34. The van der Waals surface area contributed by atoms with Crippen LogP contribution in [0.1, 0.15) is 21.3 Å². The predicted molar refractivity (Wildman–Crippen MR) is 101 cm³/mol. The number of carbonyl (C=O) groups excluding carboxylic acids is 2. The zero-order valence-corrected chi connectivity index (χ0v) is 15.6. The van der Waals surface area contributed by atoms with Crippen molar-refractivity contribution >= 4 is 23.2 Å². The predicted octanol–water partition coefficient (Wildman–Crippen LogP) is 1.81. The lowest BCUT2D eigenvalue weighted by Gasteiger charge is -2.34. The number of morpholine rings is 1. The van der Waals surface area contributed by atoms with Gasteiger partial charge in [-0.1, -0.05) is 6.07 Å². The van der Waals surface area contributed by atoms with Crippen molar-refractivity contribution in [3.63, 3.8) is 0 Å². The highest BCUT2D eigenvalue weighted by Crippen LogP contribution is 2.25. The number of benzene rings is 1. The maximum Gasteiger partial charge on any atom is 0.251 e. The fourth-order valence-corrected chi connectivity index (χ4v) is 3.78. The molecule has 27 heavy (non-hydrogen) atoms. The fraction of sp³-hybridized carbons (Fsp3) is 0.368. The van der Waals surface area contributed by atoms with Gasteiger partial charge in [-0.05, 0) is 35.7 Å². The van der Waals surface area contributed by atoms with Crippen molar-refractivity contribution in [2.45, 2.75) is 6.04 Å². The molecule has 2 N–H and O–H groups in total. The van der Waals surface area contributed by atoms with Crippen molar-refractivity contribution in [3.05, 3.63) is 58.0 Å². The van der Waals surface area contributed by atoms with Gasteiger partial charge < -0.3 is 15.4 Å². The minimum absolute atomic E-state index is 0.0886. The van der Waals surface area contributed by atoms with E-state index in [2.05, 4.69) is 21.6 Å². The molecule has 0 bridgehead atoms. The molecule has 1 fully saturated rings. The normalized spacial score (nSPS) is 15.9. The SMILES string of the molecule is O=C(CNC(=O)c1ccc(F)cc1)NCC(c1cccs1)N1CCOCC1. The second-order valence-electron chi connectivity index (χ2n) is 6.17. The van der Waals surface area contributed by atoms with E-state index < -0.39 is 11.7 Å². The van der Waals surface area contributed by atoms with Crippen LogP contribution in [0.4, 0.5) is 4.39 Å². The quantitative estimate of drug-likeness (QED) is 0.755. The number of hydrogen-bond acceptors (Lipinski definition) is 5. The Hall–Kier alpha value is -2.29. The van der Waals surface area contributed by atoms with E-state index in [9.17, 15) is 14.0 Å². The van der Waals surface area contributed by atoms with Crippen molar-refractivity contribution in [1.82, 2.24) is 15.5 Å². The smallest absolute Gasteiger partial charge is 0.251 e. The first-order valence-corrected chi connectivity index (χ1v) is 9.67. The summed E-state index contributed by atoms with van der Waals surface area (Å²) in [6, 6.07) is 9.34. The molecule has 1 unspecified atom stereocenters. The minimum atomic E-state index is -0.410. The molecule has 0 saturated carbocycles. The molecule has 6 nitrogen and oxygen atoms in total. The van der Waals surface area contributed by atoms with E-state index in [0.717, 1.165) is 13.1 Å². The average molecular weight is 391 g/mol. The highest BCUT2D eigenvalue weighted by molar-refractivity contribution is 7.10. The van der Waals surface area contributed by atoms with Crippen LogP contribution in [0.25, 0.3) is 0 Å². The third-order valence-corrected chi connectivity index (χ3v) is 5.34. The summed E-state index contributed by atoms with van der Waals surface area (Å²) in [4.78, 5) is 27.6. The van der Waals surface area contributed by atoms with Gasteiger partial charge in [-0.2, -0.15) is 0 Å². The van der Waals surface area contributed by atoms with E-state index in [-0.39, 0.29) is 18.5 Å². The number of hydrogen-bond donors (Lipinski definition) is 2. The average Bonchev–Trinajstić information content (AvgIpc) is 3.22. The van der Waals surface area contributed by atoms with Crippen molar-refractivity contribution in [1.29, 1.82) is 0 Å². The molecular formula is C19H22FN3O3S. The molecular weight excluding hydrogens is 369 g/mol. The van der Waals surface area contributed by atoms with Crippen LogP contribution < -0.4 is 10.6 Å². The van der Waals surface area contributed by atoms with Gasteiger partial charge in [-0.3, -0.25) is 14.5 Å². The first kappa shape index (κ1) is 19.5. The molecule has 3 rings (SSSR count). The van der Waals surface area contributed by atoms with Gasteiger partial charge in [-0.15, -0.1) is 11.3 Å². The van der Waals surface area contributed by atoms with E-state index in [1.165, 1.54) is 29.1 Å². The summed E-state index contributed by atoms with van der Waals surface area (Å²) in [5, 5.41) is 7.47. The Kier molecular flexibility index (Phi) is 6.92. The Morgan fingerprint density at radius 3 is 2.56 bits per heavy atom. The summed E-state index contributed by atoms with van der Waals surface area (Å²) in [7, 11) is 0. The van der Waals surface area contributed by atoms with Gasteiger partial charge in [0.05, 0.1) is 25.8 Å². The first-order valence-electron chi connectivity index (χ1n) is 8.79. The number of nitrogens with zero attached hydrogens (tertiary/aromatic N) is 1. The van der Waals surface area contributed by atoms with E-state index in [4.69, 9.17) is 4.74 Å². The number of nitrogens with one attached hydrogen (secondary N) is 2. The molecule has 1 aliphatic rings. The Morgan fingerprint density at radius 1 is 1.15 bits per heavy atom. The van der Waals surface area contributed by atoms with Crippen molar-refractivity contribution in [2.24, 2.45) is 0 Å².